The van der Waals surface area contributed by atoms with Gasteiger partial charge in [-0.15, -0.1) is 0 Å². The molecule has 5 heteroatoms. The highest BCUT2D eigenvalue weighted by Gasteiger charge is 2.20. The highest BCUT2D eigenvalue weighted by molar-refractivity contribution is 6.32. The maximum atomic E-state index is 11.1. The number of hydrogen-bond donors (Lipinski definition) is 1. The number of nitrogens with zero attached hydrogens (tertiary/aromatic N) is 1. The van der Waals surface area contributed by atoms with Crippen molar-refractivity contribution >= 4 is 17.6 Å². The average molecular weight is 258 g/mol. The number of carboxylic acids is 1. The first kappa shape index (κ1) is 13.8. The molecule has 1 atom stereocenters. The van der Waals surface area contributed by atoms with E-state index in [-0.39, 0.29) is 0 Å². The summed E-state index contributed by atoms with van der Waals surface area (Å²) in [5.41, 5.74) is 0.872. The molecule has 0 radical (unpaired) electrons. The van der Waals surface area contributed by atoms with Gasteiger partial charge in [-0.2, -0.15) is 0 Å². The number of hydrogen-bond acceptors (Lipinski definition) is 3. The van der Waals surface area contributed by atoms with Gasteiger partial charge in [0.15, 0.2) is 0 Å². The van der Waals surface area contributed by atoms with Gasteiger partial charge in [-0.25, -0.2) is 0 Å². The highest BCUT2D eigenvalue weighted by Crippen LogP contribution is 2.25. The first-order valence-corrected chi connectivity index (χ1v) is 5.55. The lowest BCUT2D eigenvalue weighted by Gasteiger charge is -2.20. The van der Waals surface area contributed by atoms with Gasteiger partial charge in [0.05, 0.1) is 12.1 Å². The number of halogens is 1. The van der Waals surface area contributed by atoms with Crippen LogP contribution in [0.15, 0.2) is 18.2 Å². The Morgan fingerprint density at radius 1 is 1.53 bits per heavy atom. The molecule has 1 N–H and O–H groups in total. The third-order valence-corrected chi connectivity index (χ3v) is 2.85. The molecular formula is C12H16ClNO3. The van der Waals surface area contributed by atoms with E-state index in [0.29, 0.717) is 17.2 Å². The quantitative estimate of drug-likeness (QED) is 0.875. The van der Waals surface area contributed by atoms with Crippen LogP contribution < -0.4 is 4.74 Å². The van der Waals surface area contributed by atoms with Crippen LogP contribution in [0.4, 0.5) is 0 Å². The molecule has 0 aliphatic carbocycles. The van der Waals surface area contributed by atoms with Crippen molar-refractivity contribution in [2.75, 3.05) is 21.2 Å². The third kappa shape index (κ3) is 3.61. The van der Waals surface area contributed by atoms with Crippen molar-refractivity contribution < 1.29 is 14.6 Å². The average Bonchev–Trinajstić information content (AvgIpc) is 2.25. The van der Waals surface area contributed by atoms with Crippen LogP contribution in [0.1, 0.15) is 5.56 Å². The van der Waals surface area contributed by atoms with Crippen molar-refractivity contribution in [3.63, 3.8) is 0 Å². The lowest BCUT2D eigenvalue weighted by Crippen LogP contribution is -2.37. The van der Waals surface area contributed by atoms with Crippen molar-refractivity contribution in [2.24, 2.45) is 0 Å². The number of ether oxygens (including phenoxy) is 1. The number of benzene rings is 1. The zero-order valence-corrected chi connectivity index (χ0v) is 10.9. The third-order valence-electron chi connectivity index (χ3n) is 2.55. The van der Waals surface area contributed by atoms with E-state index < -0.39 is 12.0 Å². The molecule has 94 valence electrons. The van der Waals surface area contributed by atoms with Gasteiger partial charge in [-0.3, -0.25) is 9.69 Å². The topological polar surface area (TPSA) is 49.8 Å². The number of rotatable bonds is 5. The number of carboxylic acid groups (broad SMARTS) is 1. The summed E-state index contributed by atoms with van der Waals surface area (Å²) >= 11 is 5.99. The molecule has 0 aliphatic rings. The van der Waals surface area contributed by atoms with E-state index >= 15 is 0 Å². The summed E-state index contributed by atoms with van der Waals surface area (Å²) in [5, 5.41) is 9.57. The maximum Gasteiger partial charge on any atom is 0.321 e. The number of carbonyl (C=O) groups is 1. The molecule has 0 spiro atoms. The Bertz CT molecular complexity index is 407. The Morgan fingerprint density at radius 3 is 2.59 bits per heavy atom. The predicted octanol–water partition coefficient (Wildman–Crippen LogP) is 1.91. The molecule has 0 unspecified atom stereocenters. The Hall–Kier alpha value is -1.26. The fourth-order valence-corrected chi connectivity index (χ4v) is 1.83. The summed E-state index contributed by atoms with van der Waals surface area (Å²) in [6.07, 6.45) is 0.409. The fraction of sp³-hybridized carbons (Fsp3) is 0.417. The zero-order valence-electron chi connectivity index (χ0n) is 10.1. The maximum absolute atomic E-state index is 11.1. The van der Waals surface area contributed by atoms with Crippen LogP contribution in [0.2, 0.25) is 5.02 Å². The molecule has 0 saturated heterocycles. The van der Waals surface area contributed by atoms with Crippen molar-refractivity contribution in [3.05, 3.63) is 28.8 Å². The highest BCUT2D eigenvalue weighted by atomic mass is 35.5. The molecule has 1 aromatic rings. The SMILES string of the molecule is COc1ccc(C[C@@H](C(=O)O)N(C)C)cc1Cl. The summed E-state index contributed by atoms with van der Waals surface area (Å²) in [6.45, 7) is 0. The number of methoxy groups -OCH3 is 1. The van der Waals surface area contributed by atoms with Crippen LogP contribution in [0.3, 0.4) is 0 Å². The van der Waals surface area contributed by atoms with E-state index in [1.54, 1.807) is 38.2 Å². The summed E-state index contributed by atoms with van der Waals surface area (Å²) in [7, 11) is 5.02. The Balaban J connectivity index is 2.87. The molecule has 1 rings (SSSR count). The summed E-state index contributed by atoms with van der Waals surface area (Å²) in [5.74, 6) is -0.255. The molecule has 0 bridgehead atoms. The van der Waals surface area contributed by atoms with E-state index in [1.807, 2.05) is 6.07 Å². The van der Waals surface area contributed by atoms with Crippen LogP contribution >= 0.6 is 11.6 Å². The monoisotopic (exact) mass is 257 g/mol. The Morgan fingerprint density at radius 2 is 2.18 bits per heavy atom. The van der Waals surface area contributed by atoms with Gasteiger partial charge in [0, 0.05) is 0 Å². The molecule has 0 saturated carbocycles. The second kappa shape index (κ2) is 5.89. The summed E-state index contributed by atoms with van der Waals surface area (Å²) < 4.78 is 5.04. The second-order valence-electron chi connectivity index (χ2n) is 3.99. The lowest BCUT2D eigenvalue weighted by atomic mass is 10.1. The van der Waals surface area contributed by atoms with E-state index in [2.05, 4.69) is 0 Å². The van der Waals surface area contributed by atoms with Gasteiger partial charge in [0.25, 0.3) is 0 Å². The van der Waals surface area contributed by atoms with Crippen LogP contribution in [-0.2, 0) is 11.2 Å². The van der Waals surface area contributed by atoms with E-state index in [4.69, 9.17) is 21.4 Å². The molecule has 17 heavy (non-hydrogen) atoms. The van der Waals surface area contributed by atoms with Gasteiger partial charge in [-0.1, -0.05) is 17.7 Å². The molecule has 1 aromatic carbocycles. The molecule has 0 heterocycles. The molecule has 0 aliphatic heterocycles. The zero-order chi connectivity index (χ0) is 13.0. The molecule has 0 fully saturated rings. The van der Waals surface area contributed by atoms with Crippen molar-refractivity contribution in [1.29, 1.82) is 0 Å². The minimum atomic E-state index is -0.845. The number of aliphatic carboxylic acids is 1. The molecular weight excluding hydrogens is 242 g/mol. The largest absolute Gasteiger partial charge is 0.495 e. The van der Waals surface area contributed by atoms with Gasteiger partial charge in [0.2, 0.25) is 0 Å². The fourth-order valence-electron chi connectivity index (χ4n) is 1.55. The Labute approximate surface area is 106 Å². The van der Waals surface area contributed by atoms with Crippen LogP contribution in [-0.4, -0.2) is 43.2 Å². The van der Waals surface area contributed by atoms with Gasteiger partial charge in [0.1, 0.15) is 11.8 Å². The molecule has 0 amide bonds. The van der Waals surface area contributed by atoms with Crippen LogP contribution in [0.5, 0.6) is 5.75 Å². The predicted molar refractivity (Wildman–Crippen MR) is 66.8 cm³/mol. The van der Waals surface area contributed by atoms with Crippen LogP contribution in [0.25, 0.3) is 0 Å². The van der Waals surface area contributed by atoms with Gasteiger partial charge >= 0.3 is 5.97 Å². The van der Waals surface area contributed by atoms with Gasteiger partial charge in [-0.05, 0) is 38.2 Å². The van der Waals surface area contributed by atoms with E-state index in [1.165, 1.54) is 0 Å². The van der Waals surface area contributed by atoms with Gasteiger partial charge < -0.3 is 9.84 Å². The minimum absolute atomic E-state index is 0.409. The molecule has 0 aromatic heterocycles. The lowest BCUT2D eigenvalue weighted by molar-refractivity contribution is -0.142. The van der Waals surface area contributed by atoms with Crippen molar-refractivity contribution in [1.82, 2.24) is 4.90 Å². The second-order valence-corrected chi connectivity index (χ2v) is 4.40. The first-order valence-electron chi connectivity index (χ1n) is 5.17. The summed E-state index contributed by atoms with van der Waals surface area (Å²) in [6, 6.07) is 4.75. The first-order chi connectivity index (χ1) is 7.95. The van der Waals surface area contributed by atoms with E-state index in [9.17, 15) is 4.79 Å². The van der Waals surface area contributed by atoms with Crippen molar-refractivity contribution in [3.8, 4) is 5.75 Å². The number of likely N-dealkylation sites (N-methyl/N-ethyl adjacent to an activating group) is 1. The minimum Gasteiger partial charge on any atom is -0.495 e. The normalized spacial score (nSPS) is 12.5. The smallest absolute Gasteiger partial charge is 0.321 e. The summed E-state index contributed by atoms with van der Waals surface area (Å²) in [4.78, 5) is 12.7. The van der Waals surface area contributed by atoms with E-state index in [0.717, 1.165) is 5.56 Å². The van der Waals surface area contributed by atoms with Crippen LogP contribution in [0, 0.1) is 0 Å². The Kier molecular flexibility index (Phi) is 4.78. The molecule has 4 nitrogen and oxygen atoms in total. The standard InChI is InChI=1S/C12H16ClNO3/c1-14(2)10(12(15)16)7-8-4-5-11(17-3)9(13)6-8/h4-6,10H,7H2,1-3H3,(H,15,16)/t10-/m0/s1. The van der Waals surface area contributed by atoms with Crippen molar-refractivity contribution in [2.45, 2.75) is 12.5 Å².